The minimum atomic E-state index is -0.318. The van der Waals surface area contributed by atoms with Crippen LogP contribution in [0.4, 0.5) is 0 Å². The molecule has 25 heavy (non-hydrogen) atoms. The molecule has 0 saturated carbocycles. The lowest BCUT2D eigenvalue weighted by Crippen LogP contribution is -2.13. The smallest absolute Gasteiger partial charge is 0.221 e. The van der Waals surface area contributed by atoms with Crippen LogP contribution in [0.1, 0.15) is 18.1 Å². The average Bonchev–Trinajstić information content (AvgIpc) is 3.04. The molecule has 2 N–H and O–H groups in total. The molecule has 0 radical (unpaired) electrons. The molecule has 2 heterocycles. The second kappa shape index (κ2) is 7.94. The minimum absolute atomic E-state index is 0.270. The summed E-state index contributed by atoms with van der Waals surface area (Å²) in [7, 11) is 0. The molecule has 3 rings (SSSR count). The monoisotopic (exact) mass is 353 g/mol. The van der Waals surface area contributed by atoms with Crippen LogP contribution >= 0.6 is 11.8 Å². The van der Waals surface area contributed by atoms with Crippen LogP contribution in [0.15, 0.2) is 53.9 Å². The second-order valence-electron chi connectivity index (χ2n) is 5.54. The molecule has 0 aliphatic heterocycles. The van der Waals surface area contributed by atoms with Gasteiger partial charge in [-0.1, -0.05) is 36.0 Å². The highest BCUT2D eigenvalue weighted by molar-refractivity contribution is 7.98. The number of hydrogen-bond donors (Lipinski definition) is 1. The van der Waals surface area contributed by atoms with Gasteiger partial charge in [-0.2, -0.15) is 0 Å². The number of carbonyl (C=O) groups is 1. The van der Waals surface area contributed by atoms with Gasteiger partial charge in [-0.25, -0.2) is 0 Å². The molecule has 128 valence electrons. The third-order valence-corrected chi connectivity index (χ3v) is 4.76. The van der Waals surface area contributed by atoms with Gasteiger partial charge in [-0.3, -0.25) is 9.78 Å². The number of thioether (sulfide) groups is 1. The third kappa shape index (κ3) is 4.24. The summed E-state index contributed by atoms with van der Waals surface area (Å²) in [5.74, 6) is 1.29. The van der Waals surface area contributed by atoms with Crippen molar-refractivity contribution in [3.63, 3.8) is 0 Å². The quantitative estimate of drug-likeness (QED) is 0.660. The molecule has 0 spiro atoms. The zero-order valence-electron chi connectivity index (χ0n) is 13.9. The number of pyridine rings is 1. The SMILES string of the molecule is CCn1c(SCc2ccc(CC(N)=O)cc2)nnc1-c1cccnc1. The van der Waals surface area contributed by atoms with E-state index in [1.807, 2.05) is 36.4 Å². The molecule has 3 aromatic rings. The van der Waals surface area contributed by atoms with E-state index < -0.39 is 0 Å². The Morgan fingerprint density at radius 3 is 2.56 bits per heavy atom. The van der Waals surface area contributed by atoms with E-state index in [1.54, 1.807) is 24.2 Å². The Hall–Kier alpha value is -2.67. The molecule has 0 saturated heterocycles. The lowest BCUT2D eigenvalue weighted by atomic mass is 10.1. The molecule has 7 heteroatoms. The Bertz CT molecular complexity index is 846. The highest BCUT2D eigenvalue weighted by Crippen LogP contribution is 2.26. The fourth-order valence-corrected chi connectivity index (χ4v) is 3.45. The molecule has 0 bridgehead atoms. The van der Waals surface area contributed by atoms with Crippen LogP contribution in [0, 0.1) is 0 Å². The Balaban J connectivity index is 1.71. The van der Waals surface area contributed by atoms with Crippen LogP contribution in [0.25, 0.3) is 11.4 Å². The fourth-order valence-electron chi connectivity index (χ4n) is 2.49. The molecule has 0 aliphatic rings. The van der Waals surface area contributed by atoms with Crippen LogP contribution in [0.5, 0.6) is 0 Å². The average molecular weight is 353 g/mol. The zero-order chi connectivity index (χ0) is 17.6. The van der Waals surface area contributed by atoms with Crippen molar-refractivity contribution >= 4 is 17.7 Å². The first-order valence-electron chi connectivity index (χ1n) is 8.00. The Kier molecular flexibility index (Phi) is 5.45. The highest BCUT2D eigenvalue weighted by atomic mass is 32.2. The van der Waals surface area contributed by atoms with E-state index in [-0.39, 0.29) is 12.3 Å². The highest BCUT2D eigenvalue weighted by Gasteiger charge is 2.13. The molecular formula is C18H19N5OS. The van der Waals surface area contributed by atoms with Gasteiger partial charge >= 0.3 is 0 Å². The van der Waals surface area contributed by atoms with Crippen LogP contribution in [0.2, 0.25) is 0 Å². The number of amides is 1. The van der Waals surface area contributed by atoms with E-state index in [9.17, 15) is 4.79 Å². The Labute approximate surface area is 150 Å². The number of aromatic nitrogens is 4. The van der Waals surface area contributed by atoms with E-state index in [0.29, 0.717) is 0 Å². The predicted octanol–water partition coefficient (Wildman–Crippen LogP) is 2.68. The van der Waals surface area contributed by atoms with Crippen LogP contribution in [-0.2, 0) is 23.5 Å². The van der Waals surface area contributed by atoms with Crippen molar-refractivity contribution in [3.05, 3.63) is 59.9 Å². The predicted molar refractivity (Wildman–Crippen MR) is 97.8 cm³/mol. The lowest BCUT2D eigenvalue weighted by Gasteiger charge is -2.07. The summed E-state index contributed by atoms with van der Waals surface area (Å²) in [6.45, 7) is 2.86. The fraction of sp³-hybridized carbons (Fsp3) is 0.222. The molecule has 1 aromatic carbocycles. The van der Waals surface area contributed by atoms with Crippen molar-refractivity contribution < 1.29 is 4.79 Å². The van der Waals surface area contributed by atoms with Crippen molar-refractivity contribution in [2.45, 2.75) is 30.8 Å². The van der Waals surface area contributed by atoms with E-state index in [2.05, 4.69) is 26.7 Å². The minimum Gasteiger partial charge on any atom is -0.369 e. The zero-order valence-corrected chi connectivity index (χ0v) is 14.7. The number of carbonyl (C=O) groups excluding carboxylic acids is 1. The topological polar surface area (TPSA) is 86.7 Å². The van der Waals surface area contributed by atoms with Gasteiger partial charge in [-0.15, -0.1) is 10.2 Å². The van der Waals surface area contributed by atoms with E-state index in [1.165, 1.54) is 0 Å². The number of benzene rings is 1. The molecule has 2 aromatic heterocycles. The number of primary amides is 1. The van der Waals surface area contributed by atoms with Gasteiger partial charge in [0.2, 0.25) is 5.91 Å². The molecular weight excluding hydrogens is 334 g/mol. The summed E-state index contributed by atoms with van der Waals surface area (Å²) in [4.78, 5) is 15.1. The van der Waals surface area contributed by atoms with E-state index in [4.69, 9.17) is 5.73 Å². The maximum absolute atomic E-state index is 10.9. The van der Waals surface area contributed by atoms with Crippen LogP contribution in [0.3, 0.4) is 0 Å². The normalized spacial score (nSPS) is 10.8. The maximum atomic E-state index is 10.9. The van der Waals surface area contributed by atoms with Crippen molar-refractivity contribution in [1.82, 2.24) is 19.7 Å². The van der Waals surface area contributed by atoms with E-state index in [0.717, 1.165) is 40.0 Å². The summed E-state index contributed by atoms with van der Waals surface area (Å²) in [5, 5.41) is 9.52. The van der Waals surface area contributed by atoms with Crippen molar-refractivity contribution in [3.8, 4) is 11.4 Å². The van der Waals surface area contributed by atoms with Crippen LogP contribution < -0.4 is 5.73 Å². The Morgan fingerprint density at radius 2 is 1.92 bits per heavy atom. The lowest BCUT2D eigenvalue weighted by molar-refractivity contribution is -0.117. The number of hydrogen-bond acceptors (Lipinski definition) is 5. The van der Waals surface area contributed by atoms with Crippen molar-refractivity contribution in [2.75, 3.05) is 0 Å². The maximum Gasteiger partial charge on any atom is 0.221 e. The summed E-state index contributed by atoms with van der Waals surface area (Å²) in [6.07, 6.45) is 3.81. The molecule has 1 amide bonds. The van der Waals surface area contributed by atoms with Gasteiger partial charge in [0.25, 0.3) is 0 Å². The second-order valence-corrected chi connectivity index (χ2v) is 6.48. The summed E-state index contributed by atoms with van der Waals surface area (Å²) in [6, 6.07) is 11.8. The van der Waals surface area contributed by atoms with Crippen molar-refractivity contribution in [1.29, 1.82) is 0 Å². The van der Waals surface area contributed by atoms with Gasteiger partial charge in [0.05, 0.1) is 6.42 Å². The first-order valence-corrected chi connectivity index (χ1v) is 8.98. The van der Waals surface area contributed by atoms with Crippen LogP contribution in [-0.4, -0.2) is 25.7 Å². The summed E-state index contributed by atoms with van der Waals surface area (Å²) < 4.78 is 2.09. The number of nitrogens with two attached hydrogens (primary N) is 1. The van der Waals surface area contributed by atoms with Gasteiger partial charge in [0.1, 0.15) is 0 Å². The first-order chi connectivity index (χ1) is 12.2. The molecule has 0 unspecified atom stereocenters. The van der Waals surface area contributed by atoms with Gasteiger partial charge < -0.3 is 10.3 Å². The standard InChI is InChI=1S/C18H19N5OS/c1-2-23-17(15-4-3-9-20-11-15)21-22-18(23)25-12-14-7-5-13(6-8-14)10-16(19)24/h3-9,11H,2,10,12H2,1H3,(H2,19,24). The number of nitrogens with zero attached hydrogens (tertiary/aromatic N) is 4. The molecule has 6 nitrogen and oxygen atoms in total. The molecule has 0 atom stereocenters. The molecule has 0 fully saturated rings. The number of rotatable bonds is 7. The van der Waals surface area contributed by atoms with Crippen molar-refractivity contribution in [2.24, 2.45) is 5.73 Å². The third-order valence-electron chi connectivity index (χ3n) is 3.72. The van der Waals surface area contributed by atoms with E-state index >= 15 is 0 Å². The Morgan fingerprint density at radius 1 is 1.16 bits per heavy atom. The molecule has 0 aliphatic carbocycles. The first kappa shape index (κ1) is 17.2. The van der Waals surface area contributed by atoms with Gasteiger partial charge in [0.15, 0.2) is 11.0 Å². The summed E-state index contributed by atoms with van der Waals surface area (Å²) in [5.41, 5.74) is 8.26. The van der Waals surface area contributed by atoms with Gasteiger partial charge in [-0.05, 0) is 30.2 Å². The van der Waals surface area contributed by atoms with Gasteiger partial charge in [0, 0.05) is 30.3 Å². The summed E-state index contributed by atoms with van der Waals surface area (Å²) >= 11 is 1.64. The largest absolute Gasteiger partial charge is 0.369 e.